The summed E-state index contributed by atoms with van der Waals surface area (Å²) in [6, 6.07) is 7.92. The Morgan fingerprint density at radius 1 is 1.47 bits per heavy atom. The molecule has 1 aromatic carbocycles. The zero-order valence-electron chi connectivity index (χ0n) is 11.4. The topological polar surface area (TPSA) is 50.4 Å². The van der Waals surface area contributed by atoms with Gasteiger partial charge in [-0.2, -0.15) is 0 Å². The van der Waals surface area contributed by atoms with Gasteiger partial charge in [-0.3, -0.25) is 4.79 Å². The fourth-order valence-corrected chi connectivity index (χ4v) is 2.47. The predicted molar refractivity (Wildman–Crippen MR) is 75.3 cm³/mol. The van der Waals surface area contributed by atoms with Crippen molar-refractivity contribution in [3.63, 3.8) is 0 Å². The molecule has 0 radical (unpaired) electrons. The van der Waals surface area contributed by atoms with Gasteiger partial charge in [-0.1, -0.05) is 18.2 Å². The third-order valence-electron chi connectivity index (χ3n) is 3.55. The molecule has 2 rings (SSSR count). The zero-order chi connectivity index (χ0) is 13.5. The van der Waals surface area contributed by atoms with Gasteiger partial charge in [0.1, 0.15) is 5.75 Å². The van der Waals surface area contributed by atoms with Crippen LogP contribution in [0.1, 0.15) is 18.4 Å². The molecule has 0 spiro atoms. The Morgan fingerprint density at radius 3 is 3.05 bits per heavy atom. The number of amides is 1. The van der Waals surface area contributed by atoms with Crippen molar-refractivity contribution >= 4 is 5.91 Å². The summed E-state index contributed by atoms with van der Waals surface area (Å²) in [6.45, 7) is 2.68. The van der Waals surface area contributed by atoms with E-state index >= 15 is 0 Å². The fourth-order valence-electron chi connectivity index (χ4n) is 2.47. The Hall–Kier alpha value is -1.55. The SMILES string of the molecule is COc1ccccc1CCNC(=O)C[C@@H]1CCNC1. The second kappa shape index (κ2) is 7.14. The van der Waals surface area contributed by atoms with Crippen LogP contribution in [-0.2, 0) is 11.2 Å². The quantitative estimate of drug-likeness (QED) is 0.813. The minimum atomic E-state index is 0.156. The van der Waals surface area contributed by atoms with E-state index in [0.717, 1.165) is 37.2 Å². The molecule has 1 amide bonds. The van der Waals surface area contributed by atoms with Crippen molar-refractivity contribution in [2.24, 2.45) is 5.92 Å². The molecule has 1 heterocycles. The van der Waals surface area contributed by atoms with E-state index in [2.05, 4.69) is 10.6 Å². The highest BCUT2D eigenvalue weighted by molar-refractivity contribution is 5.76. The minimum Gasteiger partial charge on any atom is -0.496 e. The summed E-state index contributed by atoms with van der Waals surface area (Å²) in [5, 5.41) is 6.27. The first-order valence-electron chi connectivity index (χ1n) is 6.89. The number of ether oxygens (including phenoxy) is 1. The number of hydrogen-bond donors (Lipinski definition) is 2. The molecule has 1 aliphatic rings. The number of para-hydroxylation sites is 1. The van der Waals surface area contributed by atoms with Crippen LogP contribution < -0.4 is 15.4 Å². The van der Waals surface area contributed by atoms with Crippen molar-refractivity contribution in [1.29, 1.82) is 0 Å². The van der Waals surface area contributed by atoms with E-state index in [1.54, 1.807) is 7.11 Å². The van der Waals surface area contributed by atoms with E-state index in [1.807, 2.05) is 24.3 Å². The number of carbonyl (C=O) groups excluding carboxylic acids is 1. The summed E-state index contributed by atoms with van der Waals surface area (Å²) in [5.41, 5.74) is 1.13. The third-order valence-corrected chi connectivity index (χ3v) is 3.55. The first kappa shape index (κ1) is 13.9. The molecule has 0 aromatic heterocycles. The maximum absolute atomic E-state index is 11.8. The first-order valence-corrected chi connectivity index (χ1v) is 6.89. The molecule has 104 valence electrons. The number of methoxy groups -OCH3 is 1. The molecule has 4 nitrogen and oxygen atoms in total. The molecule has 1 aromatic rings. The zero-order valence-corrected chi connectivity index (χ0v) is 11.4. The maximum atomic E-state index is 11.8. The van der Waals surface area contributed by atoms with E-state index in [0.29, 0.717) is 18.9 Å². The van der Waals surface area contributed by atoms with Crippen LogP contribution in [0.2, 0.25) is 0 Å². The highest BCUT2D eigenvalue weighted by atomic mass is 16.5. The second-order valence-electron chi connectivity index (χ2n) is 4.97. The van der Waals surface area contributed by atoms with Crippen molar-refractivity contribution in [2.75, 3.05) is 26.7 Å². The highest BCUT2D eigenvalue weighted by Crippen LogP contribution is 2.17. The van der Waals surface area contributed by atoms with Gasteiger partial charge in [-0.25, -0.2) is 0 Å². The third kappa shape index (κ3) is 4.24. The summed E-state index contributed by atoms with van der Waals surface area (Å²) < 4.78 is 5.29. The molecule has 19 heavy (non-hydrogen) atoms. The molecular weight excluding hydrogens is 240 g/mol. The molecule has 1 saturated heterocycles. The van der Waals surface area contributed by atoms with E-state index in [9.17, 15) is 4.79 Å². The van der Waals surface area contributed by atoms with Crippen molar-refractivity contribution < 1.29 is 9.53 Å². The van der Waals surface area contributed by atoms with Crippen molar-refractivity contribution in [3.05, 3.63) is 29.8 Å². The van der Waals surface area contributed by atoms with Crippen LogP contribution in [0.25, 0.3) is 0 Å². The van der Waals surface area contributed by atoms with Gasteiger partial charge in [0, 0.05) is 13.0 Å². The summed E-state index contributed by atoms with van der Waals surface area (Å²) in [5.74, 6) is 1.55. The molecule has 2 N–H and O–H groups in total. The lowest BCUT2D eigenvalue weighted by atomic mass is 10.0. The molecule has 0 saturated carbocycles. The summed E-state index contributed by atoms with van der Waals surface area (Å²) in [4.78, 5) is 11.8. The van der Waals surface area contributed by atoms with Gasteiger partial charge in [0.15, 0.2) is 0 Å². The largest absolute Gasteiger partial charge is 0.496 e. The fraction of sp³-hybridized carbons (Fsp3) is 0.533. The highest BCUT2D eigenvalue weighted by Gasteiger charge is 2.17. The van der Waals surface area contributed by atoms with Crippen LogP contribution in [0, 0.1) is 5.92 Å². The van der Waals surface area contributed by atoms with Gasteiger partial charge >= 0.3 is 0 Å². The van der Waals surface area contributed by atoms with Crippen LogP contribution in [0.5, 0.6) is 5.75 Å². The summed E-state index contributed by atoms with van der Waals surface area (Å²) in [6.07, 6.45) is 2.55. The molecule has 1 atom stereocenters. The molecular formula is C15H22N2O2. The average molecular weight is 262 g/mol. The Bertz CT molecular complexity index is 414. The lowest BCUT2D eigenvalue weighted by Gasteiger charge is -2.11. The summed E-state index contributed by atoms with van der Waals surface area (Å²) in [7, 11) is 1.67. The van der Waals surface area contributed by atoms with Gasteiger partial charge in [-0.05, 0) is 43.5 Å². The lowest BCUT2D eigenvalue weighted by Crippen LogP contribution is -2.28. The normalized spacial score (nSPS) is 18.3. The number of hydrogen-bond acceptors (Lipinski definition) is 3. The van der Waals surface area contributed by atoms with E-state index < -0.39 is 0 Å². The molecule has 4 heteroatoms. The van der Waals surface area contributed by atoms with Gasteiger partial charge < -0.3 is 15.4 Å². The lowest BCUT2D eigenvalue weighted by molar-refractivity contribution is -0.121. The molecule has 1 aliphatic heterocycles. The van der Waals surface area contributed by atoms with Crippen LogP contribution in [0.3, 0.4) is 0 Å². The molecule has 0 unspecified atom stereocenters. The van der Waals surface area contributed by atoms with Crippen LogP contribution in [-0.4, -0.2) is 32.7 Å². The smallest absolute Gasteiger partial charge is 0.220 e. The Kier molecular flexibility index (Phi) is 5.21. The number of carbonyl (C=O) groups is 1. The number of nitrogens with one attached hydrogen (secondary N) is 2. The molecule has 1 fully saturated rings. The standard InChI is InChI=1S/C15H22N2O2/c1-19-14-5-3-2-4-13(14)7-9-17-15(18)10-12-6-8-16-11-12/h2-5,12,16H,6-11H2,1H3,(H,17,18)/t12-/m0/s1. The van der Waals surface area contributed by atoms with Crippen molar-refractivity contribution in [2.45, 2.75) is 19.3 Å². The van der Waals surface area contributed by atoms with Gasteiger partial charge in [0.2, 0.25) is 5.91 Å². The maximum Gasteiger partial charge on any atom is 0.220 e. The monoisotopic (exact) mass is 262 g/mol. The first-order chi connectivity index (χ1) is 9.29. The molecule has 0 aliphatic carbocycles. The number of rotatable bonds is 6. The number of benzene rings is 1. The van der Waals surface area contributed by atoms with E-state index in [-0.39, 0.29) is 5.91 Å². The Labute approximate surface area is 114 Å². The Balaban J connectivity index is 1.72. The predicted octanol–water partition coefficient (Wildman–Crippen LogP) is 1.35. The second-order valence-corrected chi connectivity index (χ2v) is 4.97. The van der Waals surface area contributed by atoms with Gasteiger partial charge in [-0.15, -0.1) is 0 Å². The Morgan fingerprint density at radius 2 is 2.32 bits per heavy atom. The average Bonchev–Trinajstić information content (AvgIpc) is 2.92. The van der Waals surface area contributed by atoms with Crippen LogP contribution >= 0.6 is 0 Å². The van der Waals surface area contributed by atoms with Crippen molar-refractivity contribution in [3.8, 4) is 5.75 Å². The van der Waals surface area contributed by atoms with Crippen LogP contribution in [0.15, 0.2) is 24.3 Å². The van der Waals surface area contributed by atoms with Crippen molar-refractivity contribution in [1.82, 2.24) is 10.6 Å². The van der Waals surface area contributed by atoms with E-state index in [1.165, 1.54) is 0 Å². The summed E-state index contributed by atoms with van der Waals surface area (Å²) >= 11 is 0. The molecule has 0 bridgehead atoms. The van der Waals surface area contributed by atoms with Gasteiger partial charge in [0.05, 0.1) is 7.11 Å². The van der Waals surface area contributed by atoms with Gasteiger partial charge in [0.25, 0.3) is 0 Å². The minimum absolute atomic E-state index is 0.156. The van der Waals surface area contributed by atoms with E-state index in [4.69, 9.17) is 4.74 Å². The van der Waals surface area contributed by atoms with Crippen LogP contribution in [0.4, 0.5) is 0 Å².